The summed E-state index contributed by atoms with van der Waals surface area (Å²) in [5.41, 5.74) is 1.61. The molecule has 1 aromatic carbocycles. The third-order valence-corrected chi connectivity index (χ3v) is 3.98. The molecule has 7 nitrogen and oxygen atoms in total. The van der Waals surface area contributed by atoms with Crippen LogP contribution in [0.15, 0.2) is 47.8 Å². The van der Waals surface area contributed by atoms with E-state index in [1.165, 1.54) is 0 Å². The maximum absolute atomic E-state index is 12.0. The number of benzene rings is 1. The Hall–Kier alpha value is -2.96. The average molecular weight is 339 g/mol. The molecule has 1 amide bonds. The van der Waals surface area contributed by atoms with Crippen molar-refractivity contribution in [2.24, 2.45) is 0 Å². The van der Waals surface area contributed by atoms with Crippen LogP contribution in [0.3, 0.4) is 0 Å². The molecule has 0 atom stereocenters. The van der Waals surface area contributed by atoms with Gasteiger partial charge >= 0.3 is 0 Å². The standard InChI is InChI=1S/C18H21N5O2/c24-17(20-9-3-4-11-23-12-10-19-13-23)8-7-16-18(25)22-15-6-2-1-5-14(15)21-16/h1-2,5-6,10,12-13H,3-4,7-9,11H2,(H,20,24)(H,22,25). The van der Waals surface area contributed by atoms with Crippen LogP contribution in [0.1, 0.15) is 25.0 Å². The lowest BCUT2D eigenvalue weighted by Crippen LogP contribution is -2.26. The highest BCUT2D eigenvalue weighted by molar-refractivity contribution is 5.76. The van der Waals surface area contributed by atoms with Crippen LogP contribution in [0.4, 0.5) is 0 Å². The number of hydrogen-bond acceptors (Lipinski definition) is 4. The second-order valence-electron chi connectivity index (χ2n) is 5.89. The molecule has 25 heavy (non-hydrogen) atoms. The van der Waals surface area contributed by atoms with Crippen molar-refractivity contribution in [3.05, 3.63) is 59.0 Å². The second-order valence-corrected chi connectivity index (χ2v) is 5.89. The van der Waals surface area contributed by atoms with E-state index in [4.69, 9.17) is 0 Å². The van der Waals surface area contributed by atoms with Crippen LogP contribution in [-0.2, 0) is 17.8 Å². The van der Waals surface area contributed by atoms with E-state index in [-0.39, 0.29) is 17.9 Å². The van der Waals surface area contributed by atoms with Crippen LogP contribution in [0, 0.1) is 0 Å². The number of para-hydroxylation sites is 2. The minimum atomic E-state index is -0.230. The van der Waals surface area contributed by atoms with Crippen LogP contribution >= 0.6 is 0 Å². The van der Waals surface area contributed by atoms with Crippen LogP contribution in [0.25, 0.3) is 11.0 Å². The fourth-order valence-electron chi connectivity index (χ4n) is 2.62. The van der Waals surface area contributed by atoms with Gasteiger partial charge in [-0.25, -0.2) is 9.97 Å². The summed E-state index contributed by atoms with van der Waals surface area (Å²) in [6.07, 6.45) is 7.93. The number of nitrogens with zero attached hydrogens (tertiary/aromatic N) is 3. The van der Waals surface area contributed by atoms with Gasteiger partial charge < -0.3 is 14.9 Å². The number of aromatic amines is 1. The number of rotatable bonds is 8. The summed E-state index contributed by atoms with van der Waals surface area (Å²) in [6.45, 7) is 1.53. The van der Waals surface area contributed by atoms with Gasteiger partial charge in [-0.15, -0.1) is 0 Å². The molecule has 0 unspecified atom stereocenters. The van der Waals surface area contributed by atoms with E-state index in [0.717, 1.165) is 24.9 Å². The van der Waals surface area contributed by atoms with Crippen molar-refractivity contribution < 1.29 is 4.79 Å². The molecule has 2 heterocycles. The number of unbranched alkanes of at least 4 members (excludes halogenated alkanes) is 1. The van der Waals surface area contributed by atoms with Gasteiger partial charge in [0.15, 0.2) is 0 Å². The summed E-state index contributed by atoms with van der Waals surface area (Å²) in [4.78, 5) is 35.1. The molecular formula is C18H21N5O2. The Labute approximate surface area is 145 Å². The Balaban J connectivity index is 1.41. The van der Waals surface area contributed by atoms with Crippen molar-refractivity contribution in [2.45, 2.75) is 32.2 Å². The lowest BCUT2D eigenvalue weighted by atomic mass is 10.2. The van der Waals surface area contributed by atoms with Gasteiger partial charge in [0.25, 0.3) is 5.56 Å². The summed E-state index contributed by atoms with van der Waals surface area (Å²) < 4.78 is 2.01. The smallest absolute Gasteiger partial charge is 0.270 e. The first-order chi connectivity index (χ1) is 12.2. The normalized spacial score (nSPS) is 10.9. The van der Waals surface area contributed by atoms with Crippen LogP contribution in [0.5, 0.6) is 0 Å². The van der Waals surface area contributed by atoms with Gasteiger partial charge in [0.05, 0.1) is 17.4 Å². The number of nitrogens with one attached hydrogen (secondary N) is 2. The van der Waals surface area contributed by atoms with E-state index in [0.29, 0.717) is 24.2 Å². The monoisotopic (exact) mass is 339 g/mol. The average Bonchev–Trinajstić information content (AvgIpc) is 3.13. The summed E-state index contributed by atoms with van der Waals surface area (Å²) in [6, 6.07) is 7.37. The fraction of sp³-hybridized carbons (Fsp3) is 0.333. The van der Waals surface area contributed by atoms with Crippen LogP contribution in [-0.4, -0.2) is 32.0 Å². The van der Waals surface area contributed by atoms with E-state index in [1.807, 2.05) is 35.0 Å². The molecule has 0 bridgehead atoms. The number of aromatic nitrogens is 4. The molecule has 2 aromatic heterocycles. The van der Waals surface area contributed by atoms with Gasteiger partial charge in [-0.2, -0.15) is 0 Å². The Bertz CT molecular complexity index is 886. The number of amides is 1. The highest BCUT2D eigenvalue weighted by atomic mass is 16.1. The zero-order chi connectivity index (χ0) is 17.5. The maximum Gasteiger partial charge on any atom is 0.270 e. The van der Waals surface area contributed by atoms with Crippen LogP contribution < -0.4 is 10.9 Å². The fourth-order valence-corrected chi connectivity index (χ4v) is 2.62. The first-order valence-corrected chi connectivity index (χ1v) is 8.43. The van der Waals surface area contributed by atoms with Crippen molar-refractivity contribution in [1.29, 1.82) is 0 Å². The van der Waals surface area contributed by atoms with Crippen molar-refractivity contribution >= 4 is 16.9 Å². The minimum absolute atomic E-state index is 0.0583. The SMILES string of the molecule is O=C(CCc1nc2ccccc2[nH]c1=O)NCCCCn1ccnc1. The zero-order valence-electron chi connectivity index (χ0n) is 13.9. The minimum Gasteiger partial charge on any atom is -0.356 e. The number of H-pyrrole nitrogens is 1. The van der Waals surface area contributed by atoms with Gasteiger partial charge in [-0.3, -0.25) is 9.59 Å². The number of imidazole rings is 1. The highest BCUT2D eigenvalue weighted by Gasteiger charge is 2.08. The van der Waals surface area contributed by atoms with Crippen molar-refractivity contribution in [2.75, 3.05) is 6.54 Å². The molecular weight excluding hydrogens is 318 g/mol. The van der Waals surface area contributed by atoms with Gasteiger partial charge in [-0.1, -0.05) is 12.1 Å². The first-order valence-electron chi connectivity index (χ1n) is 8.43. The molecule has 130 valence electrons. The largest absolute Gasteiger partial charge is 0.356 e. The number of carbonyl (C=O) groups is 1. The van der Waals surface area contributed by atoms with Gasteiger partial charge in [0.1, 0.15) is 5.69 Å². The molecule has 0 aliphatic carbocycles. The first kappa shape index (κ1) is 16.9. The van der Waals surface area contributed by atoms with Crippen molar-refractivity contribution in [3.8, 4) is 0 Å². The Kier molecular flexibility index (Phi) is 5.56. The zero-order valence-corrected chi connectivity index (χ0v) is 13.9. The Morgan fingerprint density at radius 1 is 1.24 bits per heavy atom. The summed E-state index contributed by atoms with van der Waals surface area (Å²) in [5, 5.41) is 2.89. The van der Waals surface area contributed by atoms with E-state index < -0.39 is 0 Å². The molecule has 3 rings (SSSR count). The number of fused-ring (bicyclic) bond motifs is 1. The molecule has 3 aromatic rings. The lowest BCUT2D eigenvalue weighted by Gasteiger charge is -2.06. The summed E-state index contributed by atoms with van der Waals surface area (Å²) >= 11 is 0. The molecule has 2 N–H and O–H groups in total. The van der Waals surface area contributed by atoms with Gasteiger partial charge in [0.2, 0.25) is 5.91 Å². The quantitative estimate of drug-likeness (QED) is 0.610. The van der Waals surface area contributed by atoms with Crippen molar-refractivity contribution in [3.63, 3.8) is 0 Å². The van der Waals surface area contributed by atoms with Gasteiger partial charge in [-0.05, 0) is 25.0 Å². The topological polar surface area (TPSA) is 92.7 Å². The summed E-state index contributed by atoms with van der Waals surface area (Å²) in [5.74, 6) is -0.0583. The lowest BCUT2D eigenvalue weighted by molar-refractivity contribution is -0.121. The van der Waals surface area contributed by atoms with Crippen LogP contribution in [0.2, 0.25) is 0 Å². The molecule has 0 saturated heterocycles. The number of carbonyl (C=O) groups excluding carboxylic acids is 1. The van der Waals surface area contributed by atoms with Gasteiger partial charge in [0, 0.05) is 38.3 Å². The molecule has 0 spiro atoms. The second kappa shape index (κ2) is 8.23. The van der Waals surface area contributed by atoms with E-state index in [9.17, 15) is 9.59 Å². The van der Waals surface area contributed by atoms with Crippen molar-refractivity contribution in [1.82, 2.24) is 24.8 Å². The predicted molar refractivity (Wildman–Crippen MR) is 95.2 cm³/mol. The Morgan fingerprint density at radius 2 is 2.12 bits per heavy atom. The predicted octanol–water partition coefficient (Wildman–Crippen LogP) is 1.65. The molecule has 0 fully saturated rings. The summed E-state index contributed by atoms with van der Waals surface area (Å²) in [7, 11) is 0. The molecule has 0 aliphatic rings. The maximum atomic E-state index is 12.0. The molecule has 0 radical (unpaired) electrons. The molecule has 0 aliphatic heterocycles. The van der Waals surface area contributed by atoms with E-state index >= 15 is 0 Å². The number of aryl methyl sites for hydroxylation is 2. The third kappa shape index (κ3) is 4.76. The molecule has 7 heteroatoms. The number of hydrogen-bond donors (Lipinski definition) is 2. The Morgan fingerprint density at radius 3 is 2.96 bits per heavy atom. The third-order valence-electron chi connectivity index (χ3n) is 3.98. The molecule has 0 saturated carbocycles. The highest BCUT2D eigenvalue weighted by Crippen LogP contribution is 2.06. The van der Waals surface area contributed by atoms with E-state index in [1.54, 1.807) is 12.5 Å². The van der Waals surface area contributed by atoms with E-state index in [2.05, 4.69) is 20.3 Å².